The standard InChI is InChI=1S/C24H45BFN3O5/c1-4-5-6-7-8-9-10-11-12-13-20(30)17-27-21(14-15-26)24(32)28-18-23(31)29-22(25(33)34)16-19(2)3/h19,22,33-34H,4-18H2,1-3H3,(H,28,32)(H,29,31). The fraction of sp³-hybridized carbons (Fsp3) is 0.833. The zero-order valence-electron chi connectivity index (χ0n) is 21.3. The molecule has 0 radical (unpaired) electrons. The van der Waals surface area contributed by atoms with Gasteiger partial charge in [-0.3, -0.25) is 23.8 Å². The average molecular weight is 485 g/mol. The van der Waals surface area contributed by atoms with Crippen LogP contribution in [0, 0.1) is 5.92 Å². The third-order valence-electron chi connectivity index (χ3n) is 5.44. The lowest BCUT2D eigenvalue weighted by Gasteiger charge is -2.19. The minimum atomic E-state index is -1.72. The van der Waals surface area contributed by atoms with Gasteiger partial charge in [0.25, 0.3) is 5.91 Å². The number of rotatable bonds is 21. The molecule has 8 nitrogen and oxygen atoms in total. The van der Waals surface area contributed by atoms with Gasteiger partial charge in [0, 0.05) is 12.8 Å². The lowest BCUT2D eigenvalue weighted by molar-refractivity contribution is -0.123. The second kappa shape index (κ2) is 20.6. The minimum absolute atomic E-state index is 0.0988. The zero-order valence-corrected chi connectivity index (χ0v) is 21.3. The van der Waals surface area contributed by atoms with Crippen molar-refractivity contribution in [1.29, 1.82) is 0 Å². The number of carbonyl (C=O) groups excluding carboxylic acids is 3. The molecular weight excluding hydrogens is 440 g/mol. The highest BCUT2D eigenvalue weighted by Gasteiger charge is 2.26. The maximum Gasteiger partial charge on any atom is 0.475 e. The van der Waals surface area contributed by atoms with Crippen molar-refractivity contribution in [2.24, 2.45) is 10.9 Å². The number of hydrogen-bond donors (Lipinski definition) is 4. The molecule has 0 aliphatic rings. The van der Waals surface area contributed by atoms with Gasteiger partial charge in [-0.25, -0.2) is 0 Å². The molecule has 0 spiro atoms. The fourth-order valence-electron chi connectivity index (χ4n) is 3.53. The predicted octanol–water partition coefficient (Wildman–Crippen LogP) is 2.94. The number of nitrogens with one attached hydrogen (secondary N) is 2. The maximum absolute atomic E-state index is 12.8. The molecule has 0 rings (SSSR count). The second-order valence-corrected chi connectivity index (χ2v) is 9.22. The van der Waals surface area contributed by atoms with Gasteiger partial charge in [-0.2, -0.15) is 0 Å². The summed E-state index contributed by atoms with van der Waals surface area (Å²) in [5, 5.41) is 23.5. The second-order valence-electron chi connectivity index (χ2n) is 9.22. The van der Waals surface area contributed by atoms with Crippen LogP contribution < -0.4 is 10.6 Å². The van der Waals surface area contributed by atoms with E-state index in [0.29, 0.717) is 12.8 Å². The van der Waals surface area contributed by atoms with E-state index in [4.69, 9.17) is 0 Å². The van der Waals surface area contributed by atoms with E-state index >= 15 is 0 Å². The summed E-state index contributed by atoms with van der Waals surface area (Å²) in [5.41, 5.74) is -0.114. The number of halogens is 1. The Balaban J connectivity index is 4.34. The van der Waals surface area contributed by atoms with Crippen LogP contribution in [-0.2, 0) is 14.4 Å². The normalized spacial score (nSPS) is 12.5. The predicted molar refractivity (Wildman–Crippen MR) is 134 cm³/mol. The smallest absolute Gasteiger partial charge is 0.426 e. The highest BCUT2D eigenvalue weighted by atomic mass is 19.1. The van der Waals surface area contributed by atoms with Crippen LogP contribution in [0.1, 0.15) is 97.8 Å². The fourth-order valence-corrected chi connectivity index (χ4v) is 3.53. The molecule has 0 aliphatic heterocycles. The molecule has 0 aromatic carbocycles. The summed E-state index contributed by atoms with van der Waals surface area (Å²) in [5.74, 6) is -2.15. The van der Waals surface area contributed by atoms with E-state index in [1.807, 2.05) is 13.8 Å². The van der Waals surface area contributed by atoms with E-state index in [0.717, 1.165) is 19.3 Å². The van der Waals surface area contributed by atoms with Crippen LogP contribution in [0.4, 0.5) is 4.39 Å². The molecule has 0 fully saturated rings. The summed E-state index contributed by atoms with van der Waals surface area (Å²) in [7, 11) is -1.72. The van der Waals surface area contributed by atoms with Crippen molar-refractivity contribution in [2.75, 3.05) is 19.8 Å². The first-order chi connectivity index (χ1) is 16.2. The van der Waals surface area contributed by atoms with E-state index in [1.165, 1.54) is 38.5 Å². The molecule has 0 saturated carbocycles. The summed E-state index contributed by atoms with van der Waals surface area (Å²) >= 11 is 0. The highest BCUT2D eigenvalue weighted by molar-refractivity contribution is 6.43. The molecule has 1 unspecified atom stereocenters. The van der Waals surface area contributed by atoms with Crippen molar-refractivity contribution in [3.05, 3.63) is 0 Å². The van der Waals surface area contributed by atoms with E-state index in [2.05, 4.69) is 22.5 Å². The summed E-state index contributed by atoms with van der Waals surface area (Å²) in [4.78, 5) is 40.4. The summed E-state index contributed by atoms with van der Waals surface area (Å²) < 4.78 is 12.8. The van der Waals surface area contributed by atoms with Gasteiger partial charge in [-0.05, 0) is 18.8 Å². The van der Waals surface area contributed by atoms with Crippen LogP contribution in [0.5, 0.6) is 0 Å². The molecule has 0 aromatic heterocycles. The molecule has 0 aliphatic carbocycles. The van der Waals surface area contributed by atoms with Crippen molar-refractivity contribution in [1.82, 2.24) is 10.6 Å². The number of amides is 2. The quantitative estimate of drug-likeness (QED) is 0.113. The molecule has 2 amide bonds. The van der Waals surface area contributed by atoms with Gasteiger partial charge < -0.3 is 20.7 Å². The monoisotopic (exact) mass is 485 g/mol. The Morgan fingerprint density at radius 2 is 1.53 bits per heavy atom. The Hall–Kier alpha value is -1.81. The Morgan fingerprint density at radius 1 is 0.941 bits per heavy atom. The van der Waals surface area contributed by atoms with Crippen LogP contribution in [0.25, 0.3) is 0 Å². The number of hydrogen-bond acceptors (Lipinski definition) is 6. The molecule has 1 atom stereocenters. The minimum Gasteiger partial charge on any atom is -0.426 e. The van der Waals surface area contributed by atoms with Crippen LogP contribution in [0.3, 0.4) is 0 Å². The number of Topliss-reactive ketones (excluding diaryl/α,β-unsaturated/α-hetero) is 1. The van der Waals surface area contributed by atoms with E-state index < -0.39 is 38.1 Å². The Kier molecular flexibility index (Phi) is 19.5. The first kappa shape index (κ1) is 32.2. The third kappa shape index (κ3) is 17.6. The van der Waals surface area contributed by atoms with Crippen molar-refractivity contribution < 1.29 is 28.8 Å². The molecule has 34 heavy (non-hydrogen) atoms. The van der Waals surface area contributed by atoms with Gasteiger partial charge in [0.1, 0.15) is 5.71 Å². The number of ketones is 1. The molecule has 4 N–H and O–H groups in total. The number of nitrogens with zero attached hydrogens (tertiary/aromatic N) is 1. The topological polar surface area (TPSA) is 128 Å². The molecule has 0 heterocycles. The Bertz CT molecular complexity index is 617. The van der Waals surface area contributed by atoms with Crippen LogP contribution in [0.15, 0.2) is 4.99 Å². The molecule has 0 saturated heterocycles. The van der Waals surface area contributed by atoms with E-state index in [9.17, 15) is 28.8 Å². The van der Waals surface area contributed by atoms with Crippen LogP contribution in [-0.4, -0.2) is 66.2 Å². The van der Waals surface area contributed by atoms with Crippen molar-refractivity contribution in [3.63, 3.8) is 0 Å². The van der Waals surface area contributed by atoms with Gasteiger partial charge in [-0.1, -0.05) is 72.1 Å². The lowest BCUT2D eigenvalue weighted by Crippen LogP contribution is -2.50. The van der Waals surface area contributed by atoms with Crippen LogP contribution in [0.2, 0.25) is 0 Å². The molecule has 0 bridgehead atoms. The van der Waals surface area contributed by atoms with Crippen molar-refractivity contribution in [3.8, 4) is 0 Å². The summed E-state index contributed by atoms with van der Waals surface area (Å²) in [6, 6.07) is 0. The molecule has 10 heteroatoms. The van der Waals surface area contributed by atoms with Gasteiger partial charge in [0.2, 0.25) is 5.91 Å². The summed E-state index contributed by atoms with van der Waals surface area (Å²) in [6.45, 7) is 4.54. The zero-order chi connectivity index (χ0) is 25.8. The van der Waals surface area contributed by atoms with E-state index in [1.54, 1.807) is 0 Å². The third-order valence-corrected chi connectivity index (χ3v) is 5.44. The molecular formula is C24H45BFN3O5. The van der Waals surface area contributed by atoms with Gasteiger partial charge in [-0.15, -0.1) is 0 Å². The first-order valence-corrected chi connectivity index (χ1v) is 12.8. The summed E-state index contributed by atoms with van der Waals surface area (Å²) in [6.07, 6.45) is 10.9. The largest absolute Gasteiger partial charge is 0.475 e. The SMILES string of the molecule is CCCCCCCCCCCC(=O)CN=C(CCF)C(=O)NCC(=O)NC(CC(C)C)B(O)O. The number of aliphatic imine (C=N–C) groups is 1. The van der Waals surface area contributed by atoms with Gasteiger partial charge in [0.05, 0.1) is 25.7 Å². The number of carbonyl (C=O) groups is 3. The Morgan fingerprint density at radius 3 is 2.06 bits per heavy atom. The van der Waals surface area contributed by atoms with Gasteiger partial charge >= 0.3 is 7.12 Å². The van der Waals surface area contributed by atoms with Crippen molar-refractivity contribution >= 4 is 30.4 Å². The number of alkyl halides is 1. The first-order valence-electron chi connectivity index (χ1n) is 12.8. The average Bonchev–Trinajstić information content (AvgIpc) is 2.78. The van der Waals surface area contributed by atoms with Crippen molar-refractivity contribution in [2.45, 2.75) is 104 Å². The van der Waals surface area contributed by atoms with Gasteiger partial charge in [0.15, 0.2) is 5.78 Å². The number of unbranched alkanes of at least 4 members (excludes halogenated alkanes) is 8. The van der Waals surface area contributed by atoms with E-state index in [-0.39, 0.29) is 30.4 Å². The van der Waals surface area contributed by atoms with Crippen LogP contribution >= 0.6 is 0 Å². The maximum atomic E-state index is 12.8. The molecule has 0 aromatic rings. The lowest BCUT2D eigenvalue weighted by atomic mass is 9.75. The highest BCUT2D eigenvalue weighted by Crippen LogP contribution is 2.11. The Labute approximate surface area is 204 Å². The molecule has 196 valence electrons.